The number of hydrogen-bond acceptors (Lipinski definition) is 3. The number of carbonyl (C=O) groups excluding carboxylic acids is 2. The zero-order chi connectivity index (χ0) is 15.2. The van der Waals surface area contributed by atoms with Crippen molar-refractivity contribution in [3.63, 3.8) is 0 Å². The van der Waals surface area contributed by atoms with Gasteiger partial charge in [-0.05, 0) is 29.8 Å². The number of nitrogens with one attached hydrogen (secondary N) is 1. The van der Waals surface area contributed by atoms with Crippen LogP contribution in [0.15, 0.2) is 54.6 Å². The summed E-state index contributed by atoms with van der Waals surface area (Å²) in [6, 6.07) is 15.6. The fraction of sp³-hybridized carbons (Fsp3) is 0.125. The molecule has 0 saturated carbocycles. The van der Waals surface area contributed by atoms with Crippen LogP contribution in [0.5, 0.6) is 0 Å². The van der Waals surface area contributed by atoms with Gasteiger partial charge in [0.2, 0.25) is 5.91 Å². The molecule has 0 aromatic heterocycles. The summed E-state index contributed by atoms with van der Waals surface area (Å²) >= 11 is 0. The average Bonchev–Trinajstić information content (AvgIpc) is 2.49. The number of primary amides is 1. The number of rotatable bonds is 5. The van der Waals surface area contributed by atoms with E-state index in [1.165, 1.54) is 7.11 Å². The third kappa shape index (κ3) is 3.67. The number of ether oxygens (including phenoxy) is 1. The Bertz CT molecular complexity index is 624. The molecule has 0 radical (unpaired) electrons. The first-order chi connectivity index (χ1) is 10.1. The van der Waals surface area contributed by atoms with Crippen LogP contribution >= 0.6 is 0 Å². The van der Waals surface area contributed by atoms with Gasteiger partial charge >= 0.3 is 0 Å². The number of benzene rings is 2. The topological polar surface area (TPSA) is 81.4 Å². The molecule has 3 N–H and O–H groups in total. The van der Waals surface area contributed by atoms with E-state index < -0.39 is 12.0 Å². The van der Waals surface area contributed by atoms with Gasteiger partial charge in [-0.25, -0.2) is 0 Å². The van der Waals surface area contributed by atoms with Crippen LogP contribution in [0.25, 0.3) is 0 Å². The average molecular weight is 284 g/mol. The summed E-state index contributed by atoms with van der Waals surface area (Å²) in [4.78, 5) is 23.2. The van der Waals surface area contributed by atoms with E-state index in [0.717, 1.165) is 5.56 Å². The van der Waals surface area contributed by atoms with E-state index in [-0.39, 0.29) is 5.91 Å². The predicted molar refractivity (Wildman–Crippen MR) is 79.8 cm³/mol. The van der Waals surface area contributed by atoms with Crippen molar-refractivity contribution in [3.8, 4) is 0 Å². The molecule has 2 aromatic rings. The number of amides is 2. The second-order valence-corrected chi connectivity index (χ2v) is 4.46. The Hall–Kier alpha value is -2.66. The maximum Gasteiger partial charge on any atom is 0.258 e. The van der Waals surface area contributed by atoms with Crippen molar-refractivity contribution in [2.45, 2.75) is 6.10 Å². The molecule has 2 aromatic carbocycles. The maximum absolute atomic E-state index is 12.2. The molecule has 5 nitrogen and oxygen atoms in total. The minimum Gasteiger partial charge on any atom is -0.367 e. The first-order valence-electron chi connectivity index (χ1n) is 6.40. The van der Waals surface area contributed by atoms with E-state index in [1.807, 2.05) is 30.3 Å². The highest BCUT2D eigenvalue weighted by Crippen LogP contribution is 2.19. The number of hydrogen-bond donors (Lipinski definition) is 2. The molecule has 0 fully saturated rings. The monoisotopic (exact) mass is 284 g/mol. The first kappa shape index (κ1) is 14.7. The third-order valence-corrected chi connectivity index (χ3v) is 3.01. The summed E-state index contributed by atoms with van der Waals surface area (Å²) in [5.74, 6) is -0.789. The van der Waals surface area contributed by atoms with Gasteiger partial charge in [-0.1, -0.05) is 30.3 Å². The molecule has 0 aliphatic rings. The van der Waals surface area contributed by atoms with E-state index in [1.54, 1.807) is 24.3 Å². The van der Waals surface area contributed by atoms with Crippen LogP contribution in [0.4, 0.5) is 5.69 Å². The molecule has 0 aliphatic heterocycles. The van der Waals surface area contributed by atoms with Gasteiger partial charge in [0.1, 0.15) is 0 Å². The SMILES string of the molecule is CO[C@H](C(=O)Nc1ccc(C(N)=O)cc1)c1ccccc1. The smallest absolute Gasteiger partial charge is 0.258 e. The lowest BCUT2D eigenvalue weighted by molar-refractivity contribution is -0.126. The lowest BCUT2D eigenvalue weighted by Gasteiger charge is -2.15. The van der Waals surface area contributed by atoms with Gasteiger partial charge in [-0.3, -0.25) is 9.59 Å². The van der Waals surface area contributed by atoms with Crippen LogP contribution in [0.2, 0.25) is 0 Å². The van der Waals surface area contributed by atoms with Gasteiger partial charge in [0.25, 0.3) is 5.91 Å². The molecule has 108 valence electrons. The van der Waals surface area contributed by atoms with Crippen molar-refractivity contribution in [2.75, 3.05) is 12.4 Å². The Kier molecular flexibility index (Phi) is 4.68. The minimum atomic E-state index is -0.693. The van der Waals surface area contributed by atoms with E-state index in [4.69, 9.17) is 10.5 Å². The highest BCUT2D eigenvalue weighted by Gasteiger charge is 2.19. The Morgan fingerprint density at radius 1 is 1.05 bits per heavy atom. The van der Waals surface area contributed by atoms with Gasteiger partial charge in [0, 0.05) is 18.4 Å². The molecule has 0 spiro atoms. The zero-order valence-electron chi connectivity index (χ0n) is 11.6. The number of nitrogens with two attached hydrogens (primary N) is 1. The van der Waals surface area contributed by atoms with Crippen molar-refractivity contribution in [1.82, 2.24) is 0 Å². The van der Waals surface area contributed by atoms with Crippen LogP contribution in [-0.4, -0.2) is 18.9 Å². The summed E-state index contributed by atoms with van der Waals surface area (Å²) in [6.07, 6.45) is -0.693. The Morgan fingerprint density at radius 3 is 2.19 bits per heavy atom. The van der Waals surface area contributed by atoms with Crippen molar-refractivity contribution in [2.24, 2.45) is 5.73 Å². The van der Waals surface area contributed by atoms with E-state index in [9.17, 15) is 9.59 Å². The molecule has 2 rings (SSSR count). The quantitative estimate of drug-likeness (QED) is 0.882. The molecule has 0 unspecified atom stereocenters. The summed E-state index contributed by atoms with van der Waals surface area (Å²) < 4.78 is 5.25. The Labute approximate surface area is 122 Å². The molecule has 21 heavy (non-hydrogen) atoms. The van der Waals surface area contributed by atoms with Gasteiger partial charge in [0.15, 0.2) is 6.10 Å². The maximum atomic E-state index is 12.2. The van der Waals surface area contributed by atoms with E-state index >= 15 is 0 Å². The van der Waals surface area contributed by atoms with Gasteiger partial charge in [-0.15, -0.1) is 0 Å². The van der Waals surface area contributed by atoms with Gasteiger partial charge in [0.05, 0.1) is 0 Å². The van der Waals surface area contributed by atoms with E-state index in [2.05, 4.69) is 5.32 Å². The van der Waals surface area contributed by atoms with Crippen molar-refractivity contribution in [1.29, 1.82) is 0 Å². The normalized spacial score (nSPS) is 11.7. The summed E-state index contributed by atoms with van der Waals surface area (Å²) in [5.41, 5.74) is 6.89. The Balaban J connectivity index is 2.11. The van der Waals surface area contributed by atoms with Gasteiger partial charge < -0.3 is 15.8 Å². The van der Waals surface area contributed by atoms with Crippen LogP contribution in [-0.2, 0) is 9.53 Å². The molecule has 0 aliphatic carbocycles. The molecule has 0 heterocycles. The van der Waals surface area contributed by atoms with Crippen LogP contribution in [0, 0.1) is 0 Å². The standard InChI is InChI=1S/C16H16N2O3/c1-21-14(11-5-3-2-4-6-11)16(20)18-13-9-7-12(8-10-13)15(17)19/h2-10,14H,1H3,(H2,17,19)(H,18,20)/t14-/m0/s1. The lowest BCUT2D eigenvalue weighted by atomic mass is 10.1. The molecule has 0 saturated heterocycles. The summed E-state index contributed by atoms with van der Waals surface area (Å²) in [6.45, 7) is 0. The van der Waals surface area contributed by atoms with Crippen molar-refractivity contribution < 1.29 is 14.3 Å². The largest absolute Gasteiger partial charge is 0.367 e. The molecule has 0 bridgehead atoms. The first-order valence-corrected chi connectivity index (χ1v) is 6.40. The molecule has 5 heteroatoms. The summed E-state index contributed by atoms with van der Waals surface area (Å²) in [7, 11) is 1.48. The second-order valence-electron chi connectivity index (χ2n) is 4.46. The van der Waals surface area contributed by atoms with Crippen molar-refractivity contribution >= 4 is 17.5 Å². The Morgan fingerprint density at radius 2 is 1.67 bits per heavy atom. The molecular formula is C16H16N2O3. The van der Waals surface area contributed by atoms with E-state index in [0.29, 0.717) is 11.3 Å². The zero-order valence-corrected chi connectivity index (χ0v) is 11.6. The number of anilines is 1. The summed E-state index contributed by atoms with van der Waals surface area (Å²) in [5, 5.41) is 2.74. The van der Waals surface area contributed by atoms with Crippen LogP contribution in [0.3, 0.4) is 0 Å². The molecule has 2 amide bonds. The van der Waals surface area contributed by atoms with Crippen LogP contribution < -0.4 is 11.1 Å². The fourth-order valence-electron chi connectivity index (χ4n) is 1.95. The number of carbonyl (C=O) groups is 2. The fourth-order valence-corrected chi connectivity index (χ4v) is 1.95. The lowest BCUT2D eigenvalue weighted by Crippen LogP contribution is -2.22. The molecular weight excluding hydrogens is 268 g/mol. The highest BCUT2D eigenvalue weighted by atomic mass is 16.5. The minimum absolute atomic E-state index is 0.282. The predicted octanol–water partition coefficient (Wildman–Crippen LogP) is 2.11. The second kappa shape index (κ2) is 6.67. The van der Waals surface area contributed by atoms with Crippen LogP contribution in [0.1, 0.15) is 22.0 Å². The van der Waals surface area contributed by atoms with Gasteiger partial charge in [-0.2, -0.15) is 0 Å². The van der Waals surface area contributed by atoms with Crippen molar-refractivity contribution in [3.05, 3.63) is 65.7 Å². The highest BCUT2D eigenvalue weighted by molar-refractivity contribution is 5.96. The molecule has 1 atom stereocenters. The third-order valence-electron chi connectivity index (χ3n) is 3.01. The number of methoxy groups -OCH3 is 1.